The summed E-state index contributed by atoms with van der Waals surface area (Å²) in [6.45, 7) is 9.48. The van der Waals surface area contributed by atoms with Crippen molar-refractivity contribution in [3.63, 3.8) is 0 Å². The molecule has 1 aromatic rings. The lowest BCUT2D eigenvalue weighted by Crippen LogP contribution is -2.50. The largest absolute Gasteiger partial charge is 0.384 e. The second-order valence-corrected chi connectivity index (χ2v) is 7.54. The number of hydrogen-bond acceptors (Lipinski definition) is 3. The summed E-state index contributed by atoms with van der Waals surface area (Å²) < 4.78 is 5.43. The van der Waals surface area contributed by atoms with Gasteiger partial charge in [-0.2, -0.15) is 0 Å². The Balaban J connectivity index is 2.03. The Labute approximate surface area is 146 Å². The maximum atomic E-state index is 12.8. The van der Waals surface area contributed by atoms with Crippen LogP contribution in [0.4, 0.5) is 0 Å². The number of carbonyl (C=O) groups excluding carboxylic acids is 1. The molecule has 24 heavy (non-hydrogen) atoms. The highest BCUT2D eigenvalue weighted by Gasteiger charge is 2.35. The Morgan fingerprint density at radius 1 is 1.25 bits per heavy atom. The number of ether oxygens (including phenoxy) is 1. The van der Waals surface area contributed by atoms with Gasteiger partial charge in [-0.3, -0.25) is 4.79 Å². The van der Waals surface area contributed by atoms with Gasteiger partial charge in [0.1, 0.15) is 0 Å². The van der Waals surface area contributed by atoms with Crippen molar-refractivity contribution in [3.05, 3.63) is 35.4 Å². The van der Waals surface area contributed by atoms with Gasteiger partial charge in [0, 0.05) is 19.1 Å². The minimum absolute atomic E-state index is 0.0534. The smallest absolute Gasteiger partial charge is 0.230 e. The molecule has 0 saturated carbocycles. The lowest BCUT2D eigenvalue weighted by molar-refractivity contribution is -0.126. The summed E-state index contributed by atoms with van der Waals surface area (Å²) in [7, 11) is 1.74. The van der Waals surface area contributed by atoms with Crippen LogP contribution in [0.2, 0.25) is 0 Å². The van der Waals surface area contributed by atoms with E-state index in [4.69, 9.17) is 4.74 Å². The zero-order chi connectivity index (χ0) is 17.6. The highest BCUT2D eigenvalue weighted by Crippen LogP contribution is 2.29. The zero-order valence-electron chi connectivity index (χ0n) is 15.6. The van der Waals surface area contributed by atoms with Crippen molar-refractivity contribution in [3.8, 4) is 0 Å². The second kappa shape index (κ2) is 8.13. The number of amides is 1. The summed E-state index contributed by atoms with van der Waals surface area (Å²) in [6, 6.07) is 8.38. The van der Waals surface area contributed by atoms with E-state index >= 15 is 0 Å². The Morgan fingerprint density at radius 2 is 1.88 bits per heavy atom. The number of aryl methyl sites for hydroxylation is 1. The lowest BCUT2D eigenvalue weighted by atomic mass is 9.78. The van der Waals surface area contributed by atoms with Crippen LogP contribution in [0.1, 0.15) is 44.7 Å². The van der Waals surface area contributed by atoms with Gasteiger partial charge in [-0.15, -0.1) is 0 Å². The molecule has 1 aliphatic heterocycles. The molecule has 1 saturated heterocycles. The van der Waals surface area contributed by atoms with Gasteiger partial charge in [0.05, 0.1) is 12.0 Å². The number of methoxy groups -OCH3 is 1. The van der Waals surface area contributed by atoms with Crippen molar-refractivity contribution in [2.75, 3.05) is 33.4 Å². The normalized spacial score (nSPS) is 17.5. The van der Waals surface area contributed by atoms with Gasteiger partial charge in [0.2, 0.25) is 5.91 Å². The standard InChI is InChI=1S/C20H32N2O2/c1-5-16-6-8-17(9-7-16)19(2,3)18(23)22-14-20(15-24-4)10-12-21-13-11-20/h6-9,21H,5,10-15H2,1-4H3,(H,22,23). The van der Waals surface area contributed by atoms with Crippen molar-refractivity contribution < 1.29 is 9.53 Å². The summed E-state index contributed by atoms with van der Waals surface area (Å²) >= 11 is 0. The first-order valence-corrected chi connectivity index (χ1v) is 9.01. The fourth-order valence-corrected chi connectivity index (χ4v) is 3.41. The Hall–Kier alpha value is -1.39. The van der Waals surface area contributed by atoms with E-state index in [1.807, 2.05) is 13.8 Å². The van der Waals surface area contributed by atoms with Crippen LogP contribution in [-0.2, 0) is 21.4 Å². The van der Waals surface area contributed by atoms with Crippen molar-refractivity contribution >= 4 is 5.91 Å². The van der Waals surface area contributed by atoms with E-state index in [1.165, 1.54) is 5.56 Å². The molecule has 1 fully saturated rings. The molecule has 1 aromatic carbocycles. The highest BCUT2D eigenvalue weighted by atomic mass is 16.5. The maximum absolute atomic E-state index is 12.8. The summed E-state index contributed by atoms with van der Waals surface area (Å²) in [5.74, 6) is 0.0840. The minimum atomic E-state index is -0.534. The van der Waals surface area contributed by atoms with E-state index in [-0.39, 0.29) is 11.3 Å². The van der Waals surface area contributed by atoms with Gasteiger partial charge in [0.15, 0.2) is 0 Å². The third kappa shape index (κ3) is 4.37. The predicted molar refractivity (Wildman–Crippen MR) is 98.3 cm³/mol. The summed E-state index contributed by atoms with van der Waals surface area (Å²) in [4.78, 5) is 12.8. The first-order valence-electron chi connectivity index (χ1n) is 9.01. The Kier molecular flexibility index (Phi) is 6.41. The molecule has 0 aromatic heterocycles. The SMILES string of the molecule is CCc1ccc(C(C)(C)C(=O)NCC2(COC)CCNCC2)cc1. The van der Waals surface area contributed by atoms with E-state index in [2.05, 4.69) is 41.8 Å². The molecule has 134 valence electrons. The van der Waals surface area contributed by atoms with Gasteiger partial charge < -0.3 is 15.4 Å². The van der Waals surface area contributed by atoms with Crippen LogP contribution < -0.4 is 10.6 Å². The first kappa shape index (κ1) is 18.9. The molecule has 1 heterocycles. The summed E-state index contributed by atoms with van der Waals surface area (Å²) in [5, 5.41) is 6.58. The number of nitrogens with one attached hydrogen (secondary N) is 2. The Bertz CT molecular complexity index is 526. The van der Waals surface area contributed by atoms with Crippen molar-refractivity contribution in [2.45, 2.75) is 45.4 Å². The van der Waals surface area contributed by atoms with Crippen LogP contribution in [0.3, 0.4) is 0 Å². The van der Waals surface area contributed by atoms with Crippen LogP contribution in [0.5, 0.6) is 0 Å². The van der Waals surface area contributed by atoms with Crippen LogP contribution in [0.25, 0.3) is 0 Å². The minimum Gasteiger partial charge on any atom is -0.384 e. The number of benzene rings is 1. The van der Waals surface area contributed by atoms with Gasteiger partial charge >= 0.3 is 0 Å². The van der Waals surface area contributed by atoms with Crippen molar-refractivity contribution in [2.24, 2.45) is 5.41 Å². The van der Waals surface area contributed by atoms with Crippen LogP contribution >= 0.6 is 0 Å². The quantitative estimate of drug-likeness (QED) is 0.807. The fraction of sp³-hybridized carbons (Fsp3) is 0.650. The van der Waals surface area contributed by atoms with Crippen LogP contribution in [-0.4, -0.2) is 39.3 Å². The molecular weight excluding hydrogens is 300 g/mol. The average molecular weight is 332 g/mol. The first-order chi connectivity index (χ1) is 11.4. The molecule has 0 bridgehead atoms. The molecule has 4 nitrogen and oxygen atoms in total. The van der Waals surface area contributed by atoms with E-state index < -0.39 is 5.41 Å². The molecular formula is C20H32N2O2. The van der Waals surface area contributed by atoms with Crippen molar-refractivity contribution in [1.29, 1.82) is 0 Å². The van der Waals surface area contributed by atoms with Gasteiger partial charge in [0.25, 0.3) is 0 Å². The van der Waals surface area contributed by atoms with E-state index in [0.29, 0.717) is 13.2 Å². The average Bonchev–Trinajstić information content (AvgIpc) is 2.61. The molecule has 1 amide bonds. The molecule has 4 heteroatoms. The molecule has 0 aliphatic carbocycles. The molecule has 0 unspecified atom stereocenters. The fourth-order valence-electron chi connectivity index (χ4n) is 3.41. The molecule has 2 rings (SSSR count). The topological polar surface area (TPSA) is 50.4 Å². The van der Waals surface area contributed by atoms with Gasteiger partial charge in [-0.05, 0) is 57.3 Å². The van der Waals surface area contributed by atoms with E-state index in [0.717, 1.165) is 37.9 Å². The predicted octanol–water partition coefficient (Wildman–Crippen LogP) is 2.66. The third-order valence-corrected chi connectivity index (χ3v) is 5.39. The van der Waals surface area contributed by atoms with Crippen LogP contribution in [0.15, 0.2) is 24.3 Å². The highest BCUT2D eigenvalue weighted by molar-refractivity contribution is 5.87. The van der Waals surface area contributed by atoms with E-state index in [1.54, 1.807) is 7.11 Å². The summed E-state index contributed by atoms with van der Waals surface area (Å²) in [5.41, 5.74) is 1.87. The number of piperidine rings is 1. The van der Waals surface area contributed by atoms with Crippen molar-refractivity contribution in [1.82, 2.24) is 10.6 Å². The maximum Gasteiger partial charge on any atom is 0.230 e. The summed E-state index contributed by atoms with van der Waals surface area (Å²) in [6.07, 6.45) is 3.08. The monoisotopic (exact) mass is 332 g/mol. The molecule has 1 aliphatic rings. The molecule has 2 N–H and O–H groups in total. The molecule has 0 atom stereocenters. The third-order valence-electron chi connectivity index (χ3n) is 5.39. The Morgan fingerprint density at radius 3 is 2.42 bits per heavy atom. The van der Waals surface area contributed by atoms with E-state index in [9.17, 15) is 4.79 Å². The number of carbonyl (C=O) groups is 1. The lowest BCUT2D eigenvalue weighted by Gasteiger charge is -2.38. The van der Waals surface area contributed by atoms with Crippen LogP contribution in [0, 0.1) is 5.41 Å². The zero-order valence-corrected chi connectivity index (χ0v) is 15.6. The second-order valence-electron chi connectivity index (χ2n) is 7.54. The molecule has 0 spiro atoms. The number of hydrogen-bond donors (Lipinski definition) is 2. The number of rotatable bonds is 7. The van der Waals surface area contributed by atoms with Gasteiger partial charge in [-0.1, -0.05) is 31.2 Å². The molecule has 0 radical (unpaired) electrons. The van der Waals surface area contributed by atoms with Gasteiger partial charge in [-0.25, -0.2) is 0 Å².